The minimum absolute atomic E-state index is 0.0990. The van der Waals surface area contributed by atoms with Gasteiger partial charge in [0.15, 0.2) is 11.5 Å². The minimum Gasteiger partial charge on any atom is -0.493 e. The van der Waals surface area contributed by atoms with Crippen LogP contribution in [-0.2, 0) is 14.3 Å². The second kappa shape index (κ2) is 9.34. The van der Waals surface area contributed by atoms with Crippen LogP contribution in [-0.4, -0.2) is 47.9 Å². The number of halogens is 1. The number of rotatable bonds is 7. The van der Waals surface area contributed by atoms with E-state index in [1.165, 1.54) is 20.1 Å². The van der Waals surface area contributed by atoms with E-state index in [0.29, 0.717) is 22.1 Å². The van der Waals surface area contributed by atoms with Gasteiger partial charge in [-0.3, -0.25) is 14.5 Å². The van der Waals surface area contributed by atoms with E-state index in [0.717, 1.165) is 16.7 Å². The summed E-state index contributed by atoms with van der Waals surface area (Å²) in [5.74, 6) is -0.383. The lowest BCUT2D eigenvalue weighted by atomic mass is 10.1. The largest absolute Gasteiger partial charge is 0.493 e. The molecule has 1 unspecified atom stereocenters. The lowest BCUT2D eigenvalue weighted by molar-refractivity contribution is -0.150. The molecule has 0 radical (unpaired) electrons. The molecular weight excluding hydrogens is 406 g/mol. The first kappa shape index (κ1) is 22.1. The van der Waals surface area contributed by atoms with E-state index in [1.54, 1.807) is 19.1 Å². The van der Waals surface area contributed by atoms with Gasteiger partial charge in [0.1, 0.15) is 6.04 Å². The normalized spacial score (nSPS) is 16.7. The van der Waals surface area contributed by atoms with E-state index in [1.807, 2.05) is 13.8 Å². The van der Waals surface area contributed by atoms with Gasteiger partial charge in [-0.1, -0.05) is 11.6 Å². The van der Waals surface area contributed by atoms with Gasteiger partial charge in [-0.25, -0.2) is 4.79 Å². The first-order valence-corrected chi connectivity index (χ1v) is 9.86. The molecule has 0 spiro atoms. The van der Waals surface area contributed by atoms with Gasteiger partial charge in [-0.15, -0.1) is 0 Å². The zero-order chi connectivity index (χ0) is 21.0. The predicted molar refractivity (Wildman–Crippen MR) is 108 cm³/mol. The molecule has 28 heavy (non-hydrogen) atoms. The highest BCUT2D eigenvalue weighted by molar-refractivity contribution is 8.18. The van der Waals surface area contributed by atoms with E-state index in [4.69, 9.17) is 25.8 Å². The summed E-state index contributed by atoms with van der Waals surface area (Å²) < 4.78 is 15.9. The van der Waals surface area contributed by atoms with Crippen LogP contribution in [0.25, 0.3) is 6.08 Å². The molecule has 1 aliphatic heterocycles. The zero-order valence-corrected chi connectivity index (χ0v) is 17.8. The van der Waals surface area contributed by atoms with Gasteiger partial charge in [-0.2, -0.15) is 0 Å². The maximum atomic E-state index is 12.6. The summed E-state index contributed by atoms with van der Waals surface area (Å²) in [7, 11) is 1.48. The number of benzene rings is 1. The SMILES string of the molecule is CCOC(=O)C(C)N1C(=O)SC(=Cc2cc(Cl)c(OC(C)C)c(OC)c2)C1=O. The molecule has 1 heterocycles. The molecule has 0 aromatic heterocycles. The van der Waals surface area contributed by atoms with Gasteiger partial charge < -0.3 is 14.2 Å². The molecule has 2 amide bonds. The third kappa shape index (κ3) is 4.80. The molecule has 0 N–H and O–H groups in total. The van der Waals surface area contributed by atoms with Crippen LogP contribution in [0.15, 0.2) is 17.0 Å². The van der Waals surface area contributed by atoms with Gasteiger partial charge in [0, 0.05) is 0 Å². The average Bonchev–Trinajstić information content (AvgIpc) is 2.89. The van der Waals surface area contributed by atoms with Crippen molar-refractivity contribution >= 4 is 46.6 Å². The van der Waals surface area contributed by atoms with Crippen molar-refractivity contribution in [3.05, 3.63) is 27.6 Å². The van der Waals surface area contributed by atoms with Gasteiger partial charge in [0.25, 0.3) is 11.1 Å². The predicted octanol–water partition coefficient (Wildman–Crippen LogP) is 4.12. The lowest BCUT2D eigenvalue weighted by Gasteiger charge is -2.19. The number of methoxy groups -OCH3 is 1. The molecule has 1 fully saturated rings. The lowest BCUT2D eigenvalue weighted by Crippen LogP contribution is -2.42. The van der Waals surface area contributed by atoms with Crippen molar-refractivity contribution in [3.8, 4) is 11.5 Å². The molecule has 1 saturated heterocycles. The van der Waals surface area contributed by atoms with Crippen LogP contribution in [0.4, 0.5) is 4.79 Å². The Hall–Kier alpha value is -2.19. The molecule has 0 aliphatic carbocycles. The van der Waals surface area contributed by atoms with Crippen molar-refractivity contribution in [3.63, 3.8) is 0 Å². The zero-order valence-electron chi connectivity index (χ0n) is 16.3. The molecule has 0 bridgehead atoms. The number of nitrogens with zero attached hydrogens (tertiary/aromatic N) is 1. The number of thioether (sulfide) groups is 1. The molecule has 1 atom stereocenters. The van der Waals surface area contributed by atoms with Gasteiger partial charge in [0.2, 0.25) is 0 Å². The molecule has 9 heteroatoms. The Morgan fingerprint density at radius 3 is 2.54 bits per heavy atom. The fourth-order valence-electron chi connectivity index (χ4n) is 2.51. The van der Waals surface area contributed by atoms with Crippen molar-refractivity contribution in [2.45, 2.75) is 39.8 Å². The maximum Gasteiger partial charge on any atom is 0.329 e. The number of amides is 2. The van der Waals surface area contributed by atoms with Crippen LogP contribution in [0.5, 0.6) is 11.5 Å². The van der Waals surface area contributed by atoms with Crippen LogP contribution < -0.4 is 9.47 Å². The third-order valence-electron chi connectivity index (χ3n) is 3.74. The Morgan fingerprint density at radius 2 is 1.96 bits per heavy atom. The smallest absolute Gasteiger partial charge is 0.329 e. The number of hydrogen-bond donors (Lipinski definition) is 0. The first-order chi connectivity index (χ1) is 13.2. The van der Waals surface area contributed by atoms with Crippen LogP contribution in [0.1, 0.15) is 33.3 Å². The standard InChI is InChI=1S/C19H22ClNO6S/c1-6-26-18(23)11(4)21-17(22)15(28-19(21)24)9-12-7-13(20)16(27-10(2)3)14(8-12)25-5/h7-11H,6H2,1-5H3. The Balaban J connectivity index is 2.33. The molecule has 1 aromatic rings. The fraction of sp³-hybridized carbons (Fsp3) is 0.421. The monoisotopic (exact) mass is 427 g/mol. The first-order valence-electron chi connectivity index (χ1n) is 8.67. The summed E-state index contributed by atoms with van der Waals surface area (Å²) in [4.78, 5) is 37.9. The molecular formula is C19H22ClNO6S. The second-order valence-corrected chi connectivity index (χ2v) is 7.58. The molecule has 7 nitrogen and oxygen atoms in total. The van der Waals surface area contributed by atoms with E-state index in [-0.39, 0.29) is 17.6 Å². The van der Waals surface area contributed by atoms with E-state index >= 15 is 0 Å². The van der Waals surface area contributed by atoms with Crippen LogP contribution in [0, 0.1) is 0 Å². The number of hydrogen-bond acceptors (Lipinski definition) is 7. The number of ether oxygens (including phenoxy) is 3. The molecule has 1 aliphatic rings. The van der Waals surface area contributed by atoms with E-state index in [9.17, 15) is 14.4 Å². The molecule has 2 rings (SSSR count). The van der Waals surface area contributed by atoms with Crippen molar-refractivity contribution in [2.24, 2.45) is 0 Å². The number of imide groups is 1. The summed E-state index contributed by atoms with van der Waals surface area (Å²) in [5, 5.41) is -0.215. The highest BCUT2D eigenvalue weighted by Crippen LogP contribution is 2.39. The van der Waals surface area contributed by atoms with Crippen LogP contribution in [0.2, 0.25) is 5.02 Å². The van der Waals surface area contributed by atoms with Gasteiger partial charge in [-0.05, 0) is 63.2 Å². The Labute approximate surface area is 172 Å². The number of carbonyl (C=O) groups is 3. The number of carbonyl (C=O) groups excluding carboxylic acids is 3. The second-order valence-electron chi connectivity index (χ2n) is 6.18. The van der Waals surface area contributed by atoms with Gasteiger partial charge in [0.05, 0.1) is 29.7 Å². The summed E-state index contributed by atoms with van der Waals surface area (Å²) in [5.41, 5.74) is 0.562. The van der Waals surface area contributed by atoms with E-state index < -0.39 is 23.2 Å². The Bertz CT molecular complexity index is 823. The highest BCUT2D eigenvalue weighted by atomic mass is 35.5. The Kier molecular flexibility index (Phi) is 7.37. The summed E-state index contributed by atoms with van der Waals surface area (Å²) in [6.07, 6.45) is 1.43. The van der Waals surface area contributed by atoms with Gasteiger partial charge >= 0.3 is 5.97 Å². The topological polar surface area (TPSA) is 82.1 Å². The maximum absolute atomic E-state index is 12.6. The molecule has 152 valence electrons. The summed E-state index contributed by atoms with van der Waals surface area (Å²) in [6.45, 7) is 7.00. The van der Waals surface area contributed by atoms with Crippen molar-refractivity contribution in [1.29, 1.82) is 0 Å². The van der Waals surface area contributed by atoms with Crippen LogP contribution in [0.3, 0.4) is 0 Å². The van der Waals surface area contributed by atoms with Crippen LogP contribution >= 0.6 is 23.4 Å². The highest BCUT2D eigenvalue weighted by Gasteiger charge is 2.41. The minimum atomic E-state index is -1.00. The van der Waals surface area contributed by atoms with Crippen molar-refractivity contribution < 1.29 is 28.6 Å². The molecule has 1 aromatic carbocycles. The summed E-state index contributed by atoms with van der Waals surface area (Å²) in [6, 6.07) is 2.27. The fourth-order valence-corrected chi connectivity index (χ4v) is 3.68. The quantitative estimate of drug-likeness (QED) is 0.478. The van der Waals surface area contributed by atoms with Crippen molar-refractivity contribution in [1.82, 2.24) is 4.90 Å². The number of esters is 1. The average molecular weight is 428 g/mol. The Morgan fingerprint density at radius 1 is 1.29 bits per heavy atom. The third-order valence-corrected chi connectivity index (χ3v) is 4.91. The summed E-state index contributed by atoms with van der Waals surface area (Å²) >= 11 is 7.05. The molecule has 0 saturated carbocycles. The van der Waals surface area contributed by atoms with Crippen molar-refractivity contribution in [2.75, 3.05) is 13.7 Å². The van der Waals surface area contributed by atoms with E-state index in [2.05, 4.69) is 0 Å².